The van der Waals surface area contributed by atoms with Gasteiger partial charge in [0.1, 0.15) is 0 Å². The lowest BCUT2D eigenvalue weighted by atomic mass is 9.76. The molecule has 94 valence electrons. The van der Waals surface area contributed by atoms with Crippen LogP contribution in [0.5, 0.6) is 0 Å². The first-order valence-corrected chi connectivity index (χ1v) is 7.85. The van der Waals surface area contributed by atoms with E-state index in [1.54, 1.807) is 11.3 Å². The molecule has 0 spiro atoms. The quantitative estimate of drug-likeness (QED) is 0.890. The highest BCUT2D eigenvalue weighted by Gasteiger charge is 2.30. The molecule has 0 aliphatic heterocycles. The Kier molecular flexibility index (Phi) is 3.31. The summed E-state index contributed by atoms with van der Waals surface area (Å²) in [5.74, 6) is 0. The molecule has 18 heavy (non-hydrogen) atoms. The van der Waals surface area contributed by atoms with Crippen LogP contribution in [0.25, 0.3) is 0 Å². The van der Waals surface area contributed by atoms with Gasteiger partial charge in [0.05, 0.1) is 3.79 Å². The summed E-state index contributed by atoms with van der Waals surface area (Å²) in [6.07, 6.45) is 4.18. The van der Waals surface area contributed by atoms with Crippen LogP contribution in [0.4, 0.5) is 0 Å². The summed E-state index contributed by atoms with van der Waals surface area (Å²) in [4.78, 5) is 1.38. The number of fused-ring (bicyclic) bond motifs is 1. The predicted molar refractivity (Wildman–Crippen MR) is 81.1 cm³/mol. The first-order valence-electron chi connectivity index (χ1n) is 6.25. The highest BCUT2D eigenvalue weighted by Crippen LogP contribution is 2.32. The molecule has 0 saturated carbocycles. The van der Waals surface area contributed by atoms with Gasteiger partial charge in [-0.05, 0) is 58.5 Å². The zero-order valence-electron chi connectivity index (χ0n) is 10.2. The van der Waals surface area contributed by atoms with Crippen molar-refractivity contribution in [3.63, 3.8) is 0 Å². The van der Waals surface area contributed by atoms with Gasteiger partial charge in [0.25, 0.3) is 0 Å². The molecule has 1 nitrogen and oxygen atoms in total. The largest absolute Gasteiger partial charge is 0.324 e. The molecule has 1 heterocycles. The Morgan fingerprint density at radius 3 is 2.67 bits per heavy atom. The maximum Gasteiger partial charge on any atom is 0.0701 e. The standard InChI is InChI=1S/C15H16BrNS/c16-14-6-5-13(18-14)10-15(17)8-7-11-3-1-2-4-12(11)9-15/h1-6H,7-10,17H2. The van der Waals surface area contributed by atoms with Crippen molar-refractivity contribution < 1.29 is 0 Å². The molecule has 1 aromatic carbocycles. The summed E-state index contributed by atoms with van der Waals surface area (Å²) < 4.78 is 1.19. The molecule has 2 N–H and O–H groups in total. The molecule has 3 heteroatoms. The number of aryl methyl sites for hydroxylation is 1. The van der Waals surface area contributed by atoms with Crippen LogP contribution < -0.4 is 5.73 Å². The maximum absolute atomic E-state index is 6.61. The lowest BCUT2D eigenvalue weighted by molar-refractivity contribution is 0.371. The van der Waals surface area contributed by atoms with E-state index in [0.717, 1.165) is 25.7 Å². The molecule has 1 unspecified atom stereocenters. The third-order valence-electron chi connectivity index (χ3n) is 3.71. The van der Waals surface area contributed by atoms with Gasteiger partial charge in [0, 0.05) is 16.8 Å². The van der Waals surface area contributed by atoms with Crippen molar-refractivity contribution in [2.75, 3.05) is 0 Å². The molecule has 1 aromatic heterocycles. The first kappa shape index (κ1) is 12.4. The van der Waals surface area contributed by atoms with Gasteiger partial charge < -0.3 is 5.73 Å². The minimum absolute atomic E-state index is 0.0708. The van der Waals surface area contributed by atoms with E-state index in [9.17, 15) is 0 Å². The van der Waals surface area contributed by atoms with E-state index in [0.29, 0.717) is 0 Å². The van der Waals surface area contributed by atoms with Crippen molar-refractivity contribution in [2.24, 2.45) is 5.73 Å². The molecule has 1 aliphatic carbocycles. The van der Waals surface area contributed by atoms with Crippen LogP contribution in [0, 0.1) is 0 Å². The van der Waals surface area contributed by atoms with E-state index in [1.165, 1.54) is 19.8 Å². The molecule has 1 atom stereocenters. The third-order valence-corrected chi connectivity index (χ3v) is 5.33. The van der Waals surface area contributed by atoms with E-state index in [-0.39, 0.29) is 5.54 Å². The van der Waals surface area contributed by atoms with Crippen molar-refractivity contribution in [1.29, 1.82) is 0 Å². The number of halogens is 1. The second-order valence-corrected chi connectivity index (χ2v) is 7.74. The number of thiophene rings is 1. The van der Waals surface area contributed by atoms with Crippen LogP contribution in [0.2, 0.25) is 0 Å². The smallest absolute Gasteiger partial charge is 0.0701 e. The van der Waals surface area contributed by atoms with E-state index >= 15 is 0 Å². The number of hydrogen-bond donors (Lipinski definition) is 1. The van der Waals surface area contributed by atoms with Crippen LogP contribution in [0.1, 0.15) is 22.4 Å². The van der Waals surface area contributed by atoms with Crippen molar-refractivity contribution in [2.45, 2.75) is 31.2 Å². The summed E-state index contributed by atoms with van der Waals surface area (Å²) in [6, 6.07) is 13.0. The molecule has 0 amide bonds. The summed E-state index contributed by atoms with van der Waals surface area (Å²) in [6.45, 7) is 0. The van der Waals surface area contributed by atoms with Gasteiger partial charge >= 0.3 is 0 Å². The van der Waals surface area contributed by atoms with Crippen LogP contribution in [0.15, 0.2) is 40.2 Å². The van der Waals surface area contributed by atoms with Crippen LogP contribution in [-0.4, -0.2) is 5.54 Å². The van der Waals surface area contributed by atoms with Gasteiger partial charge in [-0.1, -0.05) is 24.3 Å². The van der Waals surface area contributed by atoms with E-state index in [2.05, 4.69) is 52.3 Å². The van der Waals surface area contributed by atoms with Gasteiger partial charge in [-0.15, -0.1) is 11.3 Å². The molecular weight excluding hydrogens is 306 g/mol. The van der Waals surface area contributed by atoms with Crippen molar-refractivity contribution in [3.05, 3.63) is 56.2 Å². The maximum atomic E-state index is 6.61. The summed E-state index contributed by atoms with van der Waals surface area (Å²) in [7, 11) is 0. The number of rotatable bonds is 2. The van der Waals surface area contributed by atoms with Crippen LogP contribution in [0.3, 0.4) is 0 Å². The average Bonchev–Trinajstić information content (AvgIpc) is 2.74. The van der Waals surface area contributed by atoms with E-state index < -0.39 is 0 Å². The fraction of sp³-hybridized carbons (Fsp3) is 0.333. The highest BCUT2D eigenvalue weighted by atomic mass is 79.9. The normalized spacial score (nSPS) is 22.8. The van der Waals surface area contributed by atoms with Gasteiger partial charge in [-0.2, -0.15) is 0 Å². The monoisotopic (exact) mass is 321 g/mol. The Morgan fingerprint density at radius 1 is 1.17 bits per heavy atom. The van der Waals surface area contributed by atoms with Crippen molar-refractivity contribution in [3.8, 4) is 0 Å². The SMILES string of the molecule is NC1(Cc2ccc(Br)s2)CCc2ccccc2C1. The Bertz CT molecular complexity index is 563. The second-order valence-electron chi connectivity index (χ2n) is 5.19. The topological polar surface area (TPSA) is 26.0 Å². The summed E-state index contributed by atoms with van der Waals surface area (Å²) >= 11 is 5.32. The molecule has 0 radical (unpaired) electrons. The van der Waals surface area contributed by atoms with Crippen molar-refractivity contribution >= 4 is 27.3 Å². The lowest BCUT2D eigenvalue weighted by Gasteiger charge is -2.34. The highest BCUT2D eigenvalue weighted by molar-refractivity contribution is 9.11. The predicted octanol–water partition coefficient (Wildman–Crippen LogP) is 3.94. The minimum Gasteiger partial charge on any atom is -0.324 e. The summed E-state index contributed by atoms with van der Waals surface area (Å²) in [5.41, 5.74) is 9.45. The van der Waals surface area contributed by atoms with E-state index in [1.807, 2.05) is 0 Å². The molecule has 0 fully saturated rings. The third kappa shape index (κ3) is 2.53. The second kappa shape index (κ2) is 4.80. The fourth-order valence-corrected chi connectivity index (χ4v) is 4.41. The molecule has 3 rings (SSSR count). The minimum atomic E-state index is -0.0708. The Balaban J connectivity index is 1.81. The molecular formula is C15H16BrNS. The first-order chi connectivity index (χ1) is 8.65. The van der Waals surface area contributed by atoms with Crippen LogP contribution in [-0.2, 0) is 19.3 Å². The van der Waals surface area contributed by atoms with Gasteiger partial charge in [-0.25, -0.2) is 0 Å². The number of benzene rings is 1. The summed E-state index contributed by atoms with van der Waals surface area (Å²) in [5, 5.41) is 0. The zero-order chi connectivity index (χ0) is 12.6. The van der Waals surface area contributed by atoms with Gasteiger partial charge in [-0.3, -0.25) is 0 Å². The Morgan fingerprint density at radius 2 is 1.94 bits per heavy atom. The molecule has 0 saturated heterocycles. The lowest BCUT2D eigenvalue weighted by Crippen LogP contribution is -2.46. The average molecular weight is 322 g/mol. The van der Waals surface area contributed by atoms with Crippen molar-refractivity contribution in [1.82, 2.24) is 0 Å². The molecule has 2 aromatic rings. The zero-order valence-corrected chi connectivity index (χ0v) is 12.6. The molecule has 0 bridgehead atoms. The van der Waals surface area contributed by atoms with Crippen LogP contribution >= 0.6 is 27.3 Å². The molecule has 1 aliphatic rings. The van der Waals surface area contributed by atoms with Gasteiger partial charge in [0.2, 0.25) is 0 Å². The number of hydrogen-bond acceptors (Lipinski definition) is 2. The fourth-order valence-electron chi connectivity index (χ4n) is 2.77. The van der Waals surface area contributed by atoms with Gasteiger partial charge in [0.15, 0.2) is 0 Å². The Hall–Kier alpha value is -0.640. The van der Waals surface area contributed by atoms with E-state index in [4.69, 9.17) is 5.73 Å². The Labute approximate surface area is 120 Å². The number of nitrogens with two attached hydrogens (primary N) is 1.